The second kappa shape index (κ2) is 6.83. The van der Waals surface area contributed by atoms with Crippen LogP contribution in [0, 0.1) is 0 Å². The van der Waals surface area contributed by atoms with Crippen molar-refractivity contribution in [2.45, 2.75) is 25.2 Å². The first-order chi connectivity index (χ1) is 12.7. The lowest BCUT2D eigenvalue weighted by molar-refractivity contribution is 0.0954. The predicted octanol–water partition coefficient (Wildman–Crippen LogP) is 3.43. The molecular formula is C21H23N3O2. The molecule has 1 amide bonds. The van der Waals surface area contributed by atoms with Crippen LogP contribution in [0.25, 0.3) is 11.0 Å². The quantitative estimate of drug-likeness (QED) is 0.742. The molecule has 1 saturated carbocycles. The first kappa shape index (κ1) is 16.6. The van der Waals surface area contributed by atoms with Gasteiger partial charge in [-0.1, -0.05) is 6.07 Å². The molecule has 26 heavy (non-hydrogen) atoms. The topological polar surface area (TPSA) is 56.1 Å². The van der Waals surface area contributed by atoms with Gasteiger partial charge in [0.1, 0.15) is 11.6 Å². The number of imidazole rings is 1. The van der Waals surface area contributed by atoms with E-state index in [1.54, 1.807) is 31.4 Å². The molecule has 0 spiro atoms. The Morgan fingerprint density at radius 1 is 1.23 bits per heavy atom. The molecule has 1 N–H and O–H groups in total. The van der Waals surface area contributed by atoms with E-state index in [1.807, 2.05) is 0 Å². The van der Waals surface area contributed by atoms with E-state index in [1.165, 1.54) is 29.7 Å². The SMILES string of the molecule is COc1ccc(C(=O)NCCc2ccc3c(c2)nc(C2CC2)n3C)cc1. The molecule has 3 aromatic rings. The van der Waals surface area contributed by atoms with E-state index < -0.39 is 0 Å². The molecule has 0 bridgehead atoms. The number of carbonyl (C=O) groups excluding carboxylic acids is 1. The third kappa shape index (κ3) is 3.29. The smallest absolute Gasteiger partial charge is 0.251 e. The number of methoxy groups -OCH3 is 1. The molecule has 0 aliphatic heterocycles. The summed E-state index contributed by atoms with van der Waals surface area (Å²) in [6, 6.07) is 13.5. The van der Waals surface area contributed by atoms with E-state index in [0.29, 0.717) is 18.0 Å². The Kier molecular flexibility index (Phi) is 4.37. The van der Waals surface area contributed by atoms with Crippen LogP contribution in [0.5, 0.6) is 5.75 Å². The van der Waals surface area contributed by atoms with E-state index in [4.69, 9.17) is 9.72 Å². The summed E-state index contributed by atoms with van der Waals surface area (Å²) in [6.07, 6.45) is 3.29. The number of fused-ring (bicyclic) bond motifs is 1. The average Bonchev–Trinajstić information content (AvgIpc) is 3.46. The summed E-state index contributed by atoms with van der Waals surface area (Å²) in [5.41, 5.74) is 4.05. The normalized spacial score (nSPS) is 13.8. The number of hydrogen-bond donors (Lipinski definition) is 1. The van der Waals surface area contributed by atoms with Gasteiger partial charge in [0.2, 0.25) is 0 Å². The fourth-order valence-corrected chi connectivity index (χ4v) is 3.29. The molecule has 1 aromatic heterocycles. The zero-order valence-corrected chi connectivity index (χ0v) is 15.2. The molecule has 134 valence electrons. The lowest BCUT2D eigenvalue weighted by Gasteiger charge is -2.06. The molecule has 0 unspecified atom stereocenters. The van der Waals surface area contributed by atoms with Crippen LogP contribution in [-0.4, -0.2) is 29.1 Å². The lowest BCUT2D eigenvalue weighted by Crippen LogP contribution is -2.25. The number of ether oxygens (including phenoxy) is 1. The standard InChI is InChI=1S/C21H23N3O2/c1-24-19-10-3-14(13-18(19)23-20(24)15-4-5-15)11-12-22-21(25)16-6-8-17(26-2)9-7-16/h3,6-10,13,15H,4-5,11-12H2,1-2H3,(H,22,25). The van der Waals surface area contributed by atoms with Gasteiger partial charge in [0.05, 0.1) is 18.1 Å². The van der Waals surface area contributed by atoms with Gasteiger partial charge >= 0.3 is 0 Å². The van der Waals surface area contributed by atoms with Gasteiger partial charge in [0.15, 0.2) is 0 Å². The van der Waals surface area contributed by atoms with Crippen molar-refractivity contribution in [3.63, 3.8) is 0 Å². The molecule has 0 radical (unpaired) electrons. The van der Waals surface area contributed by atoms with Crippen molar-refractivity contribution in [3.05, 3.63) is 59.4 Å². The number of hydrogen-bond acceptors (Lipinski definition) is 3. The highest BCUT2D eigenvalue weighted by atomic mass is 16.5. The van der Waals surface area contributed by atoms with Gasteiger partial charge in [-0.3, -0.25) is 4.79 Å². The van der Waals surface area contributed by atoms with Crippen LogP contribution in [0.3, 0.4) is 0 Å². The van der Waals surface area contributed by atoms with Crippen LogP contribution in [-0.2, 0) is 13.5 Å². The highest BCUT2D eigenvalue weighted by Crippen LogP contribution is 2.40. The molecule has 2 aromatic carbocycles. The molecule has 0 saturated heterocycles. The maximum Gasteiger partial charge on any atom is 0.251 e. The van der Waals surface area contributed by atoms with Gasteiger partial charge in [-0.15, -0.1) is 0 Å². The molecule has 5 nitrogen and oxygen atoms in total. The van der Waals surface area contributed by atoms with Gasteiger partial charge in [-0.05, 0) is 61.2 Å². The number of nitrogens with zero attached hydrogens (tertiary/aromatic N) is 2. The third-order valence-corrected chi connectivity index (χ3v) is 4.97. The maximum atomic E-state index is 12.2. The van der Waals surface area contributed by atoms with Crippen molar-refractivity contribution in [2.75, 3.05) is 13.7 Å². The van der Waals surface area contributed by atoms with Crippen LogP contribution >= 0.6 is 0 Å². The van der Waals surface area contributed by atoms with E-state index in [0.717, 1.165) is 17.7 Å². The molecule has 1 fully saturated rings. The van der Waals surface area contributed by atoms with E-state index in [-0.39, 0.29) is 5.91 Å². The third-order valence-electron chi connectivity index (χ3n) is 4.97. The Morgan fingerprint density at radius 3 is 2.69 bits per heavy atom. The zero-order valence-electron chi connectivity index (χ0n) is 15.2. The van der Waals surface area contributed by atoms with Crippen molar-refractivity contribution >= 4 is 16.9 Å². The second-order valence-corrected chi connectivity index (χ2v) is 6.86. The molecule has 1 aliphatic carbocycles. The van der Waals surface area contributed by atoms with Gasteiger partial charge in [-0.2, -0.15) is 0 Å². The van der Waals surface area contributed by atoms with Crippen LogP contribution in [0.2, 0.25) is 0 Å². The van der Waals surface area contributed by atoms with Gasteiger partial charge in [-0.25, -0.2) is 4.98 Å². The van der Waals surface area contributed by atoms with E-state index >= 15 is 0 Å². The molecule has 1 aliphatic rings. The highest BCUT2D eigenvalue weighted by molar-refractivity contribution is 5.94. The summed E-state index contributed by atoms with van der Waals surface area (Å²) in [5, 5.41) is 2.97. The summed E-state index contributed by atoms with van der Waals surface area (Å²) >= 11 is 0. The summed E-state index contributed by atoms with van der Waals surface area (Å²) < 4.78 is 7.32. The number of carbonyl (C=O) groups is 1. The first-order valence-electron chi connectivity index (χ1n) is 9.03. The minimum atomic E-state index is -0.0670. The number of rotatable bonds is 6. The van der Waals surface area contributed by atoms with Crippen molar-refractivity contribution in [1.82, 2.24) is 14.9 Å². The van der Waals surface area contributed by atoms with Crippen molar-refractivity contribution in [1.29, 1.82) is 0 Å². The Balaban J connectivity index is 1.38. The van der Waals surface area contributed by atoms with Crippen LogP contribution in [0.15, 0.2) is 42.5 Å². The maximum absolute atomic E-state index is 12.2. The molecule has 1 heterocycles. The van der Waals surface area contributed by atoms with Gasteiger partial charge in [0, 0.05) is 25.1 Å². The summed E-state index contributed by atoms with van der Waals surface area (Å²) in [7, 11) is 3.71. The van der Waals surface area contributed by atoms with Gasteiger partial charge in [0.25, 0.3) is 5.91 Å². The summed E-state index contributed by atoms with van der Waals surface area (Å²) in [5.74, 6) is 2.52. The van der Waals surface area contributed by atoms with Crippen molar-refractivity contribution in [3.8, 4) is 5.75 Å². The Labute approximate surface area is 153 Å². The van der Waals surface area contributed by atoms with Gasteiger partial charge < -0.3 is 14.6 Å². The summed E-state index contributed by atoms with van der Waals surface area (Å²) in [6.45, 7) is 0.596. The van der Waals surface area contributed by atoms with Crippen LogP contribution < -0.4 is 10.1 Å². The number of aryl methyl sites for hydroxylation is 1. The number of benzene rings is 2. The Hall–Kier alpha value is -2.82. The highest BCUT2D eigenvalue weighted by Gasteiger charge is 2.28. The average molecular weight is 349 g/mol. The Morgan fingerprint density at radius 2 is 2.00 bits per heavy atom. The number of aromatic nitrogens is 2. The first-order valence-corrected chi connectivity index (χ1v) is 9.03. The molecular weight excluding hydrogens is 326 g/mol. The second-order valence-electron chi connectivity index (χ2n) is 6.86. The molecule has 4 rings (SSSR count). The molecule has 0 atom stereocenters. The van der Waals surface area contributed by atoms with Crippen molar-refractivity contribution < 1.29 is 9.53 Å². The summed E-state index contributed by atoms with van der Waals surface area (Å²) in [4.78, 5) is 17.0. The van der Waals surface area contributed by atoms with Crippen LogP contribution in [0.4, 0.5) is 0 Å². The number of amides is 1. The largest absolute Gasteiger partial charge is 0.497 e. The monoisotopic (exact) mass is 349 g/mol. The van der Waals surface area contributed by atoms with E-state index in [9.17, 15) is 4.79 Å². The Bertz CT molecular complexity index is 940. The fraction of sp³-hybridized carbons (Fsp3) is 0.333. The fourth-order valence-electron chi connectivity index (χ4n) is 3.29. The predicted molar refractivity (Wildman–Crippen MR) is 102 cm³/mol. The minimum absolute atomic E-state index is 0.0670. The van der Waals surface area contributed by atoms with Crippen molar-refractivity contribution in [2.24, 2.45) is 7.05 Å². The van der Waals surface area contributed by atoms with E-state index in [2.05, 4.69) is 35.1 Å². The van der Waals surface area contributed by atoms with Crippen LogP contribution in [0.1, 0.15) is 40.5 Å². The zero-order chi connectivity index (χ0) is 18.1. The lowest BCUT2D eigenvalue weighted by atomic mass is 10.1. The number of nitrogens with one attached hydrogen (secondary N) is 1. The minimum Gasteiger partial charge on any atom is -0.497 e. The molecule has 5 heteroatoms.